The Balaban J connectivity index is 0. The third-order valence-corrected chi connectivity index (χ3v) is 0. The van der Waals surface area contributed by atoms with Crippen LogP contribution in [0.15, 0.2) is 0 Å². The molecule has 0 aromatic carbocycles. The van der Waals surface area contributed by atoms with Crippen LogP contribution >= 0.6 is 45.2 Å². The molecule has 0 nitrogen and oxygen atoms in total. The molecule has 0 saturated heterocycles. The highest BCUT2D eigenvalue weighted by Gasteiger charge is 1.82. The summed E-state index contributed by atoms with van der Waals surface area (Å²) < 4.78 is 28.4. The zero-order valence-electron chi connectivity index (χ0n) is 3.17. The van der Waals surface area contributed by atoms with Crippen molar-refractivity contribution in [3.8, 4) is 0 Å². The summed E-state index contributed by atoms with van der Waals surface area (Å²) in [5.74, 6) is 0. The van der Waals surface area contributed by atoms with Crippen molar-refractivity contribution in [2.75, 3.05) is 4.68 Å². The number of halogens is 5. The van der Waals surface area contributed by atoms with Crippen molar-refractivity contribution in [1.29, 1.82) is 0 Å². The van der Waals surface area contributed by atoms with Gasteiger partial charge in [0.2, 0.25) is 0 Å². The Morgan fingerprint density at radius 3 is 1.43 bits per heavy atom. The van der Waals surface area contributed by atoms with E-state index in [1.807, 2.05) is 0 Å². The van der Waals surface area contributed by atoms with Gasteiger partial charge in [-0.3, -0.25) is 0 Å². The molecular formula is C2H3F3I2. The zero-order chi connectivity index (χ0) is 6.28. The summed E-state index contributed by atoms with van der Waals surface area (Å²) in [5, 5.41) is 0. The molecule has 7 heavy (non-hydrogen) atoms. The summed E-state index contributed by atoms with van der Waals surface area (Å²) in [6, 6.07) is 0. The lowest BCUT2D eigenvalue weighted by Gasteiger charge is -1.67. The van der Waals surface area contributed by atoms with Gasteiger partial charge in [0.1, 0.15) is 4.68 Å². The topological polar surface area (TPSA) is 0 Å². The van der Waals surface area contributed by atoms with E-state index in [-0.39, 0.29) is 4.68 Å². The molecule has 0 aromatic heterocycles. The number of alkyl halides is 5. The van der Waals surface area contributed by atoms with E-state index in [2.05, 4.69) is 0 Å². The number of rotatable bonds is 0. The van der Waals surface area contributed by atoms with Crippen molar-refractivity contribution < 1.29 is 13.2 Å². The summed E-state index contributed by atoms with van der Waals surface area (Å²) in [6.07, 6.45) is 0. The van der Waals surface area contributed by atoms with Gasteiger partial charge in [-0.05, 0) is 45.2 Å². The molecule has 0 radical (unpaired) electrons. The highest BCUT2D eigenvalue weighted by atomic mass is 127. The van der Waals surface area contributed by atoms with Crippen LogP contribution in [-0.4, -0.2) is 9.11 Å². The molecular weight excluding hydrogens is 335 g/mol. The van der Waals surface area contributed by atoms with Gasteiger partial charge in [-0.1, -0.05) is 0 Å². The Morgan fingerprint density at radius 2 is 1.43 bits per heavy atom. The molecule has 0 aliphatic rings. The van der Waals surface area contributed by atoms with Crippen LogP contribution in [-0.2, 0) is 0 Å². The lowest BCUT2D eigenvalue weighted by atomic mass is 11.7. The highest BCUT2D eigenvalue weighted by Crippen LogP contribution is 1.99. The van der Waals surface area contributed by atoms with Crippen molar-refractivity contribution in [1.82, 2.24) is 0 Å². The van der Waals surface area contributed by atoms with Crippen LogP contribution in [0.3, 0.4) is 0 Å². The van der Waals surface area contributed by atoms with E-state index in [1.54, 1.807) is 22.6 Å². The van der Waals surface area contributed by atoms with Crippen LogP contribution in [0.1, 0.15) is 0 Å². The molecule has 0 spiro atoms. The molecule has 0 fully saturated rings. The van der Waals surface area contributed by atoms with E-state index in [0.29, 0.717) is 0 Å². The predicted octanol–water partition coefficient (Wildman–Crippen LogP) is 2.99. The quantitative estimate of drug-likeness (QED) is 0.471. The molecule has 0 amide bonds. The average molecular weight is 338 g/mol. The summed E-state index contributed by atoms with van der Waals surface area (Å²) in [7, 11) is 0. The highest BCUT2D eigenvalue weighted by molar-refractivity contribution is 14.1. The SMILES string of the molecule is FC(F)I.FCI. The maximum Gasteiger partial charge on any atom is 0.287 e. The van der Waals surface area contributed by atoms with E-state index in [9.17, 15) is 13.2 Å². The fraction of sp³-hybridized carbons (Fsp3) is 1.00. The first kappa shape index (κ1) is 11.1. The lowest BCUT2D eigenvalue weighted by molar-refractivity contribution is 0.271. The second-order valence-corrected chi connectivity index (χ2v) is 1.87. The standard InChI is InChI=1S/CHF2I.CH2FI/c2-1(3)4;2-1-3/h1H;1H2. The fourth-order valence-electron chi connectivity index (χ4n) is 0. The summed E-state index contributed by atoms with van der Waals surface area (Å²) in [4.78, 5) is 0. The Labute approximate surface area is 67.1 Å². The van der Waals surface area contributed by atoms with E-state index >= 15 is 0 Å². The van der Waals surface area contributed by atoms with Crippen molar-refractivity contribution in [3.05, 3.63) is 0 Å². The average Bonchev–Trinajstić information content (AvgIpc) is 1.33. The molecule has 0 aromatic rings. The Morgan fingerprint density at radius 1 is 1.43 bits per heavy atom. The summed E-state index contributed by atoms with van der Waals surface area (Å²) >= 11 is 2.63. The Bertz CT molecular complexity index is 22.1. The second-order valence-electron chi connectivity index (χ2n) is 0.348. The maximum atomic E-state index is 10.3. The third-order valence-electron chi connectivity index (χ3n) is 0. The van der Waals surface area contributed by atoms with E-state index in [1.165, 1.54) is 0 Å². The number of hydrogen-bond acceptors (Lipinski definition) is 0. The first-order valence-corrected chi connectivity index (χ1v) is 3.96. The minimum Gasteiger partial charge on any atom is -0.240 e. The van der Waals surface area contributed by atoms with Crippen molar-refractivity contribution >= 4 is 45.2 Å². The normalized spacial score (nSPS) is 7.71. The molecule has 0 N–H and O–H groups in total. The molecule has 46 valence electrons. The molecule has 0 saturated carbocycles. The Kier molecular flexibility index (Phi) is 16.3. The van der Waals surface area contributed by atoms with Crippen LogP contribution in [0.2, 0.25) is 0 Å². The minimum absolute atomic E-state index is 0.280. The molecule has 0 aliphatic heterocycles. The van der Waals surface area contributed by atoms with Gasteiger partial charge in [0, 0.05) is 0 Å². The van der Waals surface area contributed by atoms with Gasteiger partial charge in [-0.25, -0.2) is 4.39 Å². The van der Waals surface area contributed by atoms with E-state index < -0.39 is 4.43 Å². The predicted molar refractivity (Wildman–Crippen MR) is 40.0 cm³/mol. The number of hydrogen-bond donors (Lipinski definition) is 0. The van der Waals surface area contributed by atoms with Gasteiger partial charge < -0.3 is 0 Å². The summed E-state index contributed by atoms with van der Waals surface area (Å²) in [6.45, 7) is 0. The van der Waals surface area contributed by atoms with Crippen LogP contribution in [0.5, 0.6) is 0 Å². The molecule has 0 bridgehead atoms. The Hall–Kier alpha value is 1.25. The van der Waals surface area contributed by atoms with Gasteiger partial charge in [0.15, 0.2) is 0 Å². The van der Waals surface area contributed by atoms with Gasteiger partial charge in [-0.2, -0.15) is 8.78 Å². The van der Waals surface area contributed by atoms with Crippen molar-refractivity contribution in [2.24, 2.45) is 0 Å². The van der Waals surface area contributed by atoms with E-state index in [0.717, 1.165) is 22.6 Å². The van der Waals surface area contributed by atoms with Crippen LogP contribution in [0, 0.1) is 0 Å². The molecule has 0 atom stereocenters. The molecule has 0 unspecified atom stereocenters. The largest absolute Gasteiger partial charge is 0.287 e. The minimum atomic E-state index is -2.20. The maximum absolute atomic E-state index is 10.3. The smallest absolute Gasteiger partial charge is 0.240 e. The van der Waals surface area contributed by atoms with Gasteiger partial charge in [0.25, 0.3) is 4.43 Å². The van der Waals surface area contributed by atoms with Crippen molar-refractivity contribution in [2.45, 2.75) is 4.43 Å². The second kappa shape index (κ2) is 10.3. The summed E-state index contributed by atoms with van der Waals surface area (Å²) in [5.41, 5.74) is 0. The molecule has 0 heterocycles. The molecule has 0 aliphatic carbocycles. The van der Waals surface area contributed by atoms with Gasteiger partial charge in [0.05, 0.1) is 0 Å². The van der Waals surface area contributed by atoms with Crippen LogP contribution < -0.4 is 0 Å². The van der Waals surface area contributed by atoms with E-state index in [4.69, 9.17) is 0 Å². The fourth-order valence-corrected chi connectivity index (χ4v) is 0. The van der Waals surface area contributed by atoms with Gasteiger partial charge in [-0.15, -0.1) is 0 Å². The molecule has 5 heteroatoms. The van der Waals surface area contributed by atoms with Crippen LogP contribution in [0.4, 0.5) is 13.2 Å². The van der Waals surface area contributed by atoms with Gasteiger partial charge >= 0.3 is 0 Å². The zero-order valence-corrected chi connectivity index (χ0v) is 7.49. The third kappa shape index (κ3) is 128. The first-order valence-electron chi connectivity index (χ1n) is 1.19. The molecule has 0 rings (SSSR count). The first-order chi connectivity index (χ1) is 3.15. The lowest BCUT2D eigenvalue weighted by Crippen LogP contribution is -1.60. The van der Waals surface area contributed by atoms with Crippen molar-refractivity contribution in [3.63, 3.8) is 0 Å². The monoisotopic (exact) mass is 338 g/mol. The van der Waals surface area contributed by atoms with Crippen LogP contribution in [0.25, 0.3) is 0 Å².